The van der Waals surface area contributed by atoms with Crippen molar-refractivity contribution in [3.8, 4) is 0 Å². The zero-order valence-electron chi connectivity index (χ0n) is 17.9. The Balaban J connectivity index is 1.83. The Morgan fingerprint density at radius 1 is 1.07 bits per heavy atom. The van der Waals surface area contributed by atoms with Crippen LogP contribution in [0.1, 0.15) is 40.2 Å². The van der Waals surface area contributed by atoms with Gasteiger partial charge in [-0.25, -0.2) is 13.4 Å². The summed E-state index contributed by atoms with van der Waals surface area (Å²) in [5, 5.41) is 0. The lowest BCUT2D eigenvalue weighted by Gasteiger charge is -2.41. The predicted molar refractivity (Wildman–Crippen MR) is 115 cm³/mol. The van der Waals surface area contributed by atoms with Gasteiger partial charge in [-0.2, -0.15) is 4.31 Å². The van der Waals surface area contributed by atoms with E-state index >= 15 is 0 Å². The van der Waals surface area contributed by atoms with Crippen molar-refractivity contribution >= 4 is 15.8 Å². The van der Waals surface area contributed by atoms with Crippen LogP contribution in [0.3, 0.4) is 0 Å². The Morgan fingerprint density at radius 3 is 2.28 bits per heavy atom. The molecule has 1 aliphatic heterocycles. The molecule has 0 radical (unpaired) electrons. The normalized spacial score (nSPS) is 20.6. The van der Waals surface area contributed by atoms with Crippen LogP contribution in [0.25, 0.3) is 0 Å². The third-order valence-corrected chi connectivity index (χ3v) is 7.53. The molecule has 0 spiro atoms. The minimum absolute atomic E-state index is 0.120. The number of ether oxygens (including phenoxy) is 1. The van der Waals surface area contributed by atoms with Crippen LogP contribution in [0.2, 0.25) is 0 Å². The molecule has 6 nitrogen and oxygen atoms in total. The van der Waals surface area contributed by atoms with Crippen molar-refractivity contribution in [2.24, 2.45) is 0 Å². The molecule has 2 heterocycles. The lowest BCUT2D eigenvalue weighted by atomic mass is 9.94. The van der Waals surface area contributed by atoms with Gasteiger partial charge in [-0.05, 0) is 52.3 Å². The molecule has 0 amide bonds. The summed E-state index contributed by atoms with van der Waals surface area (Å²) in [7, 11) is -3.59. The topological polar surface area (TPSA) is 62.7 Å². The Labute approximate surface area is 174 Å². The van der Waals surface area contributed by atoms with Crippen LogP contribution in [0.15, 0.2) is 53.6 Å². The third-order valence-electron chi connectivity index (χ3n) is 5.30. The quantitative estimate of drug-likeness (QED) is 0.718. The van der Waals surface area contributed by atoms with Crippen LogP contribution in [-0.2, 0) is 20.4 Å². The molecule has 0 aliphatic carbocycles. The number of morpholine rings is 1. The van der Waals surface area contributed by atoms with E-state index in [0.717, 1.165) is 11.4 Å². The second-order valence-electron chi connectivity index (χ2n) is 8.24. The number of anilines is 1. The zero-order chi connectivity index (χ0) is 21.2. The van der Waals surface area contributed by atoms with Crippen molar-refractivity contribution in [1.29, 1.82) is 0 Å². The van der Waals surface area contributed by atoms with Crippen molar-refractivity contribution in [2.75, 3.05) is 24.6 Å². The van der Waals surface area contributed by atoms with Gasteiger partial charge in [0.15, 0.2) is 0 Å². The van der Waals surface area contributed by atoms with E-state index in [-0.39, 0.29) is 17.0 Å². The summed E-state index contributed by atoms with van der Waals surface area (Å²) >= 11 is 0. The molecule has 1 unspecified atom stereocenters. The predicted octanol–water partition coefficient (Wildman–Crippen LogP) is 3.64. The Hall–Kier alpha value is -1.96. The molecule has 1 aromatic carbocycles. The highest BCUT2D eigenvalue weighted by atomic mass is 32.2. The smallest absolute Gasteiger partial charge is 0.245 e. The van der Waals surface area contributed by atoms with E-state index in [1.165, 1.54) is 10.5 Å². The van der Waals surface area contributed by atoms with Gasteiger partial charge < -0.3 is 9.64 Å². The van der Waals surface area contributed by atoms with Gasteiger partial charge in [0.2, 0.25) is 10.0 Å². The molecule has 7 heteroatoms. The maximum Gasteiger partial charge on any atom is 0.245 e. The molecule has 158 valence electrons. The highest BCUT2D eigenvalue weighted by Gasteiger charge is 2.35. The number of aromatic nitrogens is 1. The first kappa shape index (κ1) is 21.7. The highest BCUT2D eigenvalue weighted by molar-refractivity contribution is 7.89. The van der Waals surface area contributed by atoms with E-state index in [2.05, 4.69) is 28.9 Å². The van der Waals surface area contributed by atoms with Crippen molar-refractivity contribution in [2.45, 2.75) is 57.2 Å². The van der Waals surface area contributed by atoms with Crippen LogP contribution in [0.4, 0.5) is 5.82 Å². The SMILES string of the molecule is CC(C)N(C(C)C)S(=O)(=O)c1ccc(N2CCOC(C)(c3ccccc3)C2)nc1. The van der Waals surface area contributed by atoms with E-state index in [1.54, 1.807) is 12.1 Å². The molecule has 1 aliphatic rings. The van der Waals surface area contributed by atoms with Gasteiger partial charge >= 0.3 is 0 Å². The lowest BCUT2D eigenvalue weighted by molar-refractivity contribution is -0.0468. The number of hydrogen-bond donors (Lipinski definition) is 0. The summed E-state index contributed by atoms with van der Waals surface area (Å²) in [6.45, 7) is 11.6. The molecular weight excluding hydrogens is 386 g/mol. The van der Waals surface area contributed by atoms with Gasteiger partial charge in [-0.1, -0.05) is 30.3 Å². The van der Waals surface area contributed by atoms with Crippen LogP contribution < -0.4 is 4.90 Å². The Kier molecular flexibility index (Phi) is 6.31. The Bertz CT molecular complexity index is 906. The molecule has 1 saturated heterocycles. The van der Waals surface area contributed by atoms with E-state index in [1.807, 2.05) is 45.9 Å². The number of pyridine rings is 1. The standard InChI is InChI=1S/C22H31N3O3S/c1-17(2)25(18(3)4)29(26,27)20-11-12-21(23-15-20)24-13-14-28-22(5,16-24)19-9-7-6-8-10-19/h6-12,15,17-18H,13-14,16H2,1-5H3. The summed E-state index contributed by atoms with van der Waals surface area (Å²) in [6, 6.07) is 13.4. The fourth-order valence-electron chi connectivity index (χ4n) is 4.02. The molecule has 1 aromatic heterocycles. The van der Waals surface area contributed by atoms with Gasteiger partial charge in [0.25, 0.3) is 0 Å². The minimum atomic E-state index is -3.59. The molecule has 0 saturated carbocycles. The molecule has 1 fully saturated rings. The molecule has 0 bridgehead atoms. The number of sulfonamides is 1. The van der Waals surface area contributed by atoms with Gasteiger partial charge in [0.1, 0.15) is 16.3 Å². The molecule has 0 N–H and O–H groups in total. The van der Waals surface area contributed by atoms with Gasteiger partial charge in [0, 0.05) is 24.8 Å². The van der Waals surface area contributed by atoms with Crippen LogP contribution in [0.5, 0.6) is 0 Å². The number of nitrogens with zero attached hydrogens (tertiary/aromatic N) is 3. The monoisotopic (exact) mass is 417 g/mol. The summed E-state index contributed by atoms with van der Waals surface area (Å²) in [5.74, 6) is 0.759. The fraction of sp³-hybridized carbons (Fsp3) is 0.500. The first-order valence-corrected chi connectivity index (χ1v) is 11.5. The largest absolute Gasteiger partial charge is 0.367 e. The molecule has 1 atom stereocenters. The second-order valence-corrected chi connectivity index (χ2v) is 10.1. The summed E-state index contributed by atoms with van der Waals surface area (Å²) in [6.07, 6.45) is 1.47. The average Bonchev–Trinajstić information content (AvgIpc) is 2.68. The van der Waals surface area contributed by atoms with E-state index < -0.39 is 15.6 Å². The third kappa shape index (κ3) is 4.47. The van der Waals surface area contributed by atoms with Gasteiger partial charge in [-0.15, -0.1) is 0 Å². The van der Waals surface area contributed by atoms with Crippen molar-refractivity contribution in [3.05, 3.63) is 54.2 Å². The molecule has 29 heavy (non-hydrogen) atoms. The molecule has 3 rings (SSSR count). The van der Waals surface area contributed by atoms with Crippen molar-refractivity contribution < 1.29 is 13.2 Å². The summed E-state index contributed by atoms with van der Waals surface area (Å²) in [5.41, 5.74) is 0.686. The van der Waals surface area contributed by atoms with Crippen molar-refractivity contribution in [3.63, 3.8) is 0 Å². The maximum atomic E-state index is 13.0. The fourth-order valence-corrected chi connectivity index (χ4v) is 5.80. The first-order valence-electron chi connectivity index (χ1n) is 10.1. The maximum absolute atomic E-state index is 13.0. The number of hydrogen-bond acceptors (Lipinski definition) is 5. The molecular formula is C22H31N3O3S. The van der Waals surface area contributed by atoms with Gasteiger partial charge in [-0.3, -0.25) is 0 Å². The Morgan fingerprint density at radius 2 is 1.72 bits per heavy atom. The average molecular weight is 418 g/mol. The number of rotatable bonds is 6. The van der Waals surface area contributed by atoms with E-state index in [4.69, 9.17) is 4.74 Å². The van der Waals surface area contributed by atoms with Crippen LogP contribution >= 0.6 is 0 Å². The zero-order valence-corrected chi connectivity index (χ0v) is 18.7. The van der Waals surface area contributed by atoms with Crippen LogP contribution in [-0.4, -0.2) is 49.5 Å². The lowest BCUT2D eigenvalue weighted by Crippen LogP contribution is -2.48. The van der Waals surface area contributed by atoms with E-state index in [0.29, 0.717) is 19.7 Å². The van der Waals surface area contributed by atoms with E-state index in [9.17, 15) is 8.42 Å². The first-order chi connectivity index (χ1) is 13.6. The number of benzene rings is 1. The van der Waals surface area contributed by atoms with Crippen LogP contribution in [0, 0.1) is 0 Å². The summed E-state index contributed by atoms with van der Waals surface area (Å²) in [4.78, 5) is 6.87. The molecule has 2 aromatic rings. The van der Waals surface area contributed by atoms with Gasteiger partial charge in [0.05, 0.1) is 13.2 Å². The van der Waals surface area contributed by atoms with Crippen molar-refractivity contribution in [1.82, 2.24) is 9.29 Å². The second kappa shape index (κ2) is 8.42. The minimum Gasteiger partial charge on any atom is -0.367 e. The highest BCUT2D eigenvalue weighted by Crippen LogP contribution is 2.31. The summed E-state index contributed by atoms with van der Waals surface area (Å²) < 4.78 is 33.7.